The number of thiol groups is 1. The first-order chi connectivity index (χ1) is 8.21. The number of hydrogen-bond acceptors (Lipinski definition) is 3. The van der Waals surface area contributed by atoms with Crippen molar-refractivity contribution in [2.24, 2.45) is 5.73 Å². The molecule has 0 unspecified atom stereocenters. The topological polar surface area (TPSA) is 72.2 Å². The summed E-state index contributed by atoms with van der Waals surface area (Å²) in [5.74, 6) is -1.78. The summed E-state index contributed by atoms with van der Waals surface area (Å²) in [6, 6.07) is 3.94. The fourth-order valence-electron chi connectivity index (χ4n) is 1.54. The van der Waals surface area contributed by atoms with E-state index in [1.807, 2.05) is 0 Å². The van der Waals surface area contributed by atoms with E-state index in [0.717, 1.165) is 0 Å². The van der Waals surface area contributed by atoms with E-state index >= 15 is 0 Å². The Morgan fingerprint density at radius 3 is 2.61 bits per heavy atom. The van der Waals surface area contributed by atoms with E-state index in [1.54, 1.807) is 13.8 Å². The molecule has 1 aromatic rings. The average molecular weight is 270 g/mol. The van der Waals surface area contributed by atoms with Crippen LogP contribution < -0.4 is 11.1 Å². The van der Waals surface area contributed by atoms with Gasteiger partial charge in [0, 0.05) is 16.9 Å². The minimum absolute atomic E-state index is 0.0269. The van der Waals surface area contributed by atoms with Gasteiger partial charge in [0.05, 0.1) is 5.56 Å². The average Bonchev–Trinajstić information content (AvgIpc) is 2.18. The molecule has 6 heteroatoms. The van der Waals surface area contributed by atoms with Gasteiger partial charge in [0.25, 0.3) is 5.91 Å². The van der Waals surface area contributed by atoms with Gasteiger partial charge in [-0.05, 0) is 32.0 Å². The number of carbonyl (C=O) groups is 2. The van der Waals surface area contributed by atoms with Crippen molar-refractivity contribution in [3.05, 3.63) is 29.6 Å². The SMILES string of the molecule is CC(C)(CC(N)=O)NC(=O)c1cc(S)ccc1F. The van der Waals surface area contributed by atoms with E-state index in [0.29, 0.717) is 4.90 Å². The number of hydrogen-bond donors (Lipinski definition) is 3. The highest BCUT2D eigenvalue weighted by atomic mass is 32.1. The molecule has 2 amide bonds. The molecule has 1 rings (SSSR count). The number of rotatable bonds is 4. The first-order valence-electron chi connectivity index (χ1n) is 5.30. The maximum Gasteiger partial charge on any atom is 0.254 e. The highest BCUT2D eigenvalue weighted by molar-refractivity contribution is 7.80. The Bertz CT molecular complexity index is 489. The fourth-order valence-corrected chi connectivity index (χ4v) is 1.75. The van der Waals surface area contributed by atoms with Gasteiger partial charge in [0.2, 0.25) is 5.91 Å². The highest BCUT2D eigenvalue weighted by Gasteiger charge is 2.24. The summed E-state index contributed by atoms with van der Waals surface area (Å²) >= 11 is 4.04. The van der Waals surface area contributed by atoms with Crippen LogP contribution in [0, 0.1) is 5.82 Å². The highest BCUT2D eigenvalue weighted by Crippen LogP contribution is 2.15. The molecule has 0 radical (unpaired) electrons. The van der Waals surface area contributed by atoms with Crippen LogP contribution in [0.1, 0.15) is 30.6 Å². The third-order valence-corrected chi connectivity index (χ3v) is 2.54. The summed E-state index contributed by atoms with van der Waals surface area (Å²) in [6.45, 7) is 3.27. The standard InChI is InChI=1S/C12H15FN2O2S/c1-12(2,6-10(14)16)15-11(17)8-5-7(18)3-4-9(8)13/h3-5,18H,6H2,1-2H3,(H2,14,16)(H,15,17). The van der Waals surface area contributed by atoms with Crippen molar-refractivity contribution in [2.75, 3.05) is 0 Å². The van der Waals surface area contributed by atoms with Crippen LogP contribution in [0.15, 0.2) is 23.1 Å². The predicted molar refractivity (Wildman–Crippen MR) is 69.0 cm³/mol. The first-order valence-corrected chi connectivity index (χ1v) is 5.75. The molecule has 0 bridgehead atoms. The molecule has 0 aromatic heterocycles. The number of nitrogens with two attached hydrogens (primary N) is 1. The number of carbonyl (C=O) groups excluding carboxylic acids is 2. The molecule has 3 N–H and O–H groups in total. The van der Waals surface area contributed by atoms with E-state index < -0.39 is 23.2 Å². The van der Waals surface area contributed by atoms with Crippen LogP contribution in [0.2, 0.25) is 0 Å². The maximum atomic E-state index is 13.5. The van der Waals surface area contributed by atoms with Gasteiger partial charge in [-0.15, -0.1) is 12.6 Å². The minimum Gasteiger partial charge on any atom is -0.370 e. The minimum atomic E-state index is -0.831. The molecular formula is C12H15FN2O2S. The Kier molecular flexibility index (Phi) is 4.34. The molecule has 0 heterocycles. The lowest BCUT2D eigenvalue weighted by Crippen LogP contribution is -2.46. The van der Waals surface area contributed by atoms with Crippen molar-refractivity contribution in [1.29, 1.82) is 0 Å². The molecule has 0 saturated heterocycles. The van der Waals surface area contributed by atoms with Gasteiger partial charge >= 0.3 is 0 Å². The van der Waals surface area contributed by atoms with E-state index in [9.17, 15) is 14.0 Å². The quantitative estimate of drug-likeness (QED) is 0.725. The van der Waals surface area contributed by atoms with Crippen molar-refractivity contribution in [2.45, 2.75) is 30.7 Å². The maximum absolute atomic E-state index is 13.5. The van der Waals surface area contributed by atoms with E-state index in [1.165, 1.54) is 18.2 Å². The Hall–Kier alpha value is -1.56. The van der Waals surface area contributed by atoms with Crippen molar-refractivity contribution in [1.82, 2.24) is 5.32 Å². The van der Waals surface area contributed by atoms with Crippen molar-refractivity contribution < 1.29 is 14.0 Å². The van der Waals surface area contributed by atoms with Crippen LogP contribution in [0.4, 0.5) is 4.39 Å². The molecule has 0 fully saturated rings. The lowest BCUT2D eigenvalue weighted by Gasteiger charge is -2.24. The molecule has 0 aliphatic carbocycles. The van der Waals surface area contributed by atoms with Crippen LogP contribution >= 0.6 is 12.6 Å². The lowest BCUT2D eigenvalue weighted by molar-refractivity contribution is -0.119. The van der Waals surface area contributed by atoms with Crippen LogP contribution in [0.5, 0.6) is 0 Å². The first kappa shape index (κ1) is 14.5. The zero-order chi connectivity index (χ0) is 13.9. The zero-order valence-corrected chi connectivity index (χ0v) is 11.1. The second-order valence-corrected chi connectivity index (χ2v) is 5.16. The summed E-state index contributed by atoms with van der Waals surface area (Å²) in [5, 5.41) is 2.56. The summed E-state index contributed by atoms with van der Waals surface area (Å²) < 4.78 is 13.5. The lowest BCUT2D eigenvalue weighted by atomic mass is 9.99. The van der Waals surface area contributed by atoms with Crippen LogP contribution in [0.3, 0.4) is 0 Å². The van der Waals surface area contributed by atoms with Gasteiger partial charge in [-0.2, -0.15) is 0 Å². The van der Waals surface area contributed by atoms with Gasteiger partial charge in [0.1, 0.15) is 5.82 Å². The Balaban J connectivity index is 2.88. The second-order valence-electron chi connectivity index (χ2n) is 4.65. The largest absolute Gasteiger partial charge is 0.370 e. The van der Waals surface area contributed by atoms with Crippen LogP contribution in [-0.4, -0.2) is 17.4 Å². The van der Waals surface area contributed by atoms with Gasteiger partial charge in [-0.3, -0.25) is 9.59 Å². The number of primary amides is 1. The van der Waals surface area contributed by atoms with Gasteiger partial charge in [-0.25, -0.2) is 4.39 Å². The number of halogens is 1. The molecule has 0 spiro atoms. The Morgan fingerprint density at radius 1 is 1.44 bits per heavy atom. The number of amides is 2. The van der Waals surface area contributed by atoms with Crippen molar-refractivity contribution in [3.8, 4) is 0 Å². The molecule has 18 heavy (non-hydrogen) atoms. The Morgan fingerprint density at radius 2 is 2.06 bits per heavy atom. The van der Waals surface area contributed by atoms with E-state index in [2.05, 4.69) is 17.9 Å². The third kappa shape index (κ3) is 4.03. The van der Waals surface area contributed by atoms with Crippen molar-refractivity contribution >= 4 is 24.4 Å². The second kappa shape index (κ2) is 5.39. The van der Waals surface area contributed by atoms with E-state index in [-0.39, 0.29) is 12.0 Å². The summed E-state index contributed by atoms with van der Waals surface area (Å²) in [6.07, 6.45) is -0.0269. The normalized spacial score (nSPS) is 11.1. The molecule has 1 aromatic carbocycles. The number of benzene rings is 1. The molecule has 0 saturated carbocycles. The summed E-state index contributed by atoms with van der Waals surface area (Å²) in [7, 11) is 0. The zero-order valence-electron chi connectivity index (χ0n) is 10.2. The molecule has 0 aliphatic heterocycles. The van der Waals surface area contributed by atoms with Gasteiger partial charge in [-0.1, -0.05) is 0 Å². The summed E-state index contributed by atoms with van der Waals surface area (Å²) in [5.41, 5.74) is 4.13. The molecule has 0 atom stereocenters. The van der Waals surface area contributed by atoms with Gasteiger partial charge < -0.3 is 11.1 Å². The molecule has 98 valence electrons. The monoisotopic (exact) mass is 270 g/mol. The van der Waals surface area contributed by atoms with E-state index in [4.69, 9.17) is 5.73 Å². The molecule has 0 aliphatic rings. The predicted octanol–water partition coefficient (Wildman–Crippen LogP) is 1.50. The van der Waals surface area contributed by atoms with Crippen LogP contribution in [-0.2, 0) is 4.79 Å². The smallest absolute Gasteiger partial charge is 0.254 e. The fraction of sp³-hybridized carbons (Fsp3) is 0.333. The molecule has 4 nitrogen and oxygen atoms in total. The molecular weight excluding hydrogens is 255 g/mol. The van der Waals surface area contributed by atoms with Crippen molar-refractivity contribution in [3.63, 3.8) is 0 Å². The van der Waals surface area contributed by atoms with Crippen LogP contribution in [0.25, 0.3) is 0 Å². The summed E-state index contributed by atoms with van der Waals surface area (Å²) in [4.78, 5) is 23.2. The van der Waals surface area contributed by atoms with Gasteiger partial charge in [0.15, 0.2) is 0 Å². The number of nitrogens with one attached hydrogen (secondary N) is 1. The Labute approximate surface area is 110 Å². The third-order valence-electron chi connectivity index (χ3n) is 2.26.